The minimum absolute atomic E-state index is 0.120. The molecule has 3 N–H and O–H groups in total. The van der Waals surface area contributed by atoms with Gasteiger partial charge in [-0.15, -0.1) is 0 Å². The Morgan fingerprint density at radius 1 is 1.00 bits per heavy atom. The van der Waals surface area contributed by atoms with Crippen LogP contribution in [0.3, 0.4) is 0 Å². The summed E-state index contributed by atoms with van der Waals surface area (Å²) in [6, 6.07) is 0. The maximum absolute atomic E-state index is 11.8. The number of carboxylic acid groups (broad SMARTS) is 1. The lowest BCUT2D eigenvalue weighted by Gasteiger charge is -2.43. The highest BCUT2D eigenvalue weighted by molar-refractivity contribution is 5.66. The highest BCUT2D eigenvalue weighted by atomic mass is 16.4. The van der Waals surface area contributed by atoms with Gasteiger partial charge in [0.1, 0.15) is 0 Å². The number of carboxylic acids is 1. The average molecular weight is 439 g/mol. The van der Waals surface area contributed by atoms with Gasteiger partial charge in [0.25, 0.3) is 0 Å². The second-order valence-corrected chi connectivity index (χ2v) is 10.5. The fourth-order valence-electron chi connectivity index (χ4n) is 5.11. The summed E-state index contributed by atoms with van der Waals surface area (Å²) < 4.78 is 0. The molecule has 0 aromatic heterocycles. The summed E-state index contributed by atoms with van der Waals surface area (Å²) in [5.74, 6) is -0.511. The fourth-order valence-corrected chi connectivity index (χ4v) is 5.11. The van der Waals surface area contributed by atoms with Crippen molar-refractivity contribution < 1.29 is 20.1 Å². The lowest BCUT2D eigenvalue weighted by Crippen LogP contribution is -2.44. The first kappa shape index (κ1) is 28.2. The zero-order valence-corrected chi connectivity index (χ0v) is 20.8. The summed E-state index contributed by atoms with van der Waals surface area (Å²) in [7, 11) is 0. The third kappa shape index (κ3) is 9.65. The highest BCUT2D eigenvalue weighted by Crippen LogP contribution is 2.44. The van der Waals surface area contributed by atoms with E-state index in [1.807, 2.05) is 0 Å². The van der Waals surface area contributed by atoms with E-state index in [2.05, 4.69) is 33.8 Å². The van der Waals surface area contributed by atoms with Crippen LogP contribution in [-0.4, -0.2) is 33.0 Å². The molecule has 0 bridgehead atoms. The van der Waals surface area contributed by atoms with E-state index in [1.54, 1.807) is 0 Å². The van der Waals surface area contributed by atoms with Gasteiger partial charge in [0, 0.05) is 12.3 Å². The predicted molar refractivity (Wildman–Crippen MR) is 129 cm³/mol. The van der Waals surface area contributed by atoms with Crippen molar-refractivity contribution in [3.63, 3.8) is 0 Å². The Morgan fingerprint density at radius 2 is 1.68 bits per heavy atom. The van der Waals surface area contributed by atoms with Crippen molar-refractivity contribution in [2.45, 2.75) is 142 Å². The van der Waals surface area contributed by atoms with E-state index in [9.17, 15) is 15.0 Å². The van der Waals surface area contributed by atoms with Crippen molar-refractivity contribution in [2.24, 2.45) is 11.3 Å². The Labute approximate surface area is 191 Å². The van der Waals surface area contributed by atoms with Crippen molar-refractivity contribution in [3.05, 3.63) is 11.6 Å². The van der Waals surface area contributed by atoms with Crippen LogP contribution in [0.2, 0.25) is 0 Å². The molecule has 1 saturated carbocycles. The van der Waals surface area contributed by atoms with Crippen molar-refractivity contribution in [2.75, 3.05) is 0 Å². The lowest BCUT2D eigenvalue weighted by molar-refractivity contribution is -0.137. The highest BCUT2D eigenvalue weighted by Gasteiger charge is 2.42. The van der Waals surface area contributed by atoms with Crippen molar-refractivity contribution >= 4 is 5.97 Å². The zero-order chi connectivity index (χ0) is 23.3. The molecular weight excluding hydrogens is 388 g/mol. The van der Waals surface area contributed by atoms with Gasteiger partial charge in [-0.2, -0.15) is 0 Å². The lowest BCUT2D eigenvalue weighted by atomic mass is 9.67. The first-order chi connectivity index (χ1) is 14.7. The van der Waals surface area contributed by atoms with Crippen LogP contribution >= 0.6 is 0 Å². The van der Waals surface area contributed by atoms with Crippen LogP contribution in [0, 0.1) is 11.3 Å². The van der Waals surface area contributed by atoms with Crippen LogP contribution in [0.25, 0.3) is 0 Å². The Bertz CT molecular complexity index is 539. The molecule has 1 aliphatic carbocycles. The number of aliphatic carboxylic acids is 1. The SMILES string of the molecule is CCCCCC(O)(CC=C1CC[C@H](O)[C@@H]1CCCCCCC(=O)O)C(C)(C)CCCC. The van der Waals surface area contributed by atoms with Crippen LogP contribution in [0.15, 0.2) is 11.6 Å². The maximum Gasteiger partial charge on any atom is 0.303 e. The maximum atomic E-state index is 11.8. The van der Waals surface area contributed by atoms with Crippen LogP contribution in [0.5, 0.6) is 0 Å². The Balaban J connectivity index is 2.74. The van der Waals surface area contributed by atoms with Gasteiger partial charge < -0.3 is 15.3 Å². The molecule has 0 radical (unpaired) electrons. The molecule has 1 unspecified atom stereocenters. The second kappa shape index (κ2) is 14.3. The Morgan fingerprint density at radius 3 is 2.32 bits per heavy atom. The first-order valence-electron chi connectivity index (χ1n) is 13.0. The number of hydrogen-bond acceptors (Lipinski definition) is 3. The molecule has 0 spiro atoms. The summed E-state index contributed by atoms with van der Waals surface area (Å²) >= 11 is 0. The quantitative estimate of drug-likeness (QED) is 0.168. The molecule has 0 heterocycles. The van der Waals surface area contributed by atoms with Gasteiger partial charge in [-0.3, -0.25) is 4.79 Å². The summed E-state index contributed by atoms with van der Waals surface area (Å²) in [4.78, 5) is 10.6. The number of hydrogen-bond donors (Lipinski definition) is 3. The average Bonchev–Trinajstić information content (AvgIpc) is 3.07. The van der Waals surface area contributed by atoms with E-state index in [0.29, 0.717) is 6.42 Å². The van der Waals surface area contributed by atoms with E-state index in [0.717, 1.165) is 89.9 Å². The smallest absolute Gasteiger partial charge is 0.303 e. The largest absolute Gasteiger partial charge is 0.481 e. The van der Waals surface area contributed by atoms with Crippen molar-refractivity contribution in [3.8, 4) is 0 Å². The summed E-state index contributed by atoms with van der Waals surface area (Å²) in [5.41, 5.74) is 0.516. The van der Waals surface area contributed by atoms with E-state index in [-0.39, 0.29) is 23.9 Å². The molecule has 182 valence electrons. The third-order valence-corrected chi connectivity index (χ3v) is 7.64. The second-order valence-electron chi connectivity index (χ2n) is 10.5. The van der Waals surface area contributed by atoms with Gasteiger partial charge in [0.2, 0.25) is 0 Å². The van der Waals surface area contributed by atoms with E-state index in [4.69, 9.17) is 5.11 Å². The fraction of sp³-hybridized carbons (Fsp3) is 0.889. The Hall–Kier alpha value is -0.870. The standard InChI is InChI=1S/C27H50O4/c1-5-7-13-20-27(31,26(3,4)19-8-6-2)21-18-22-16-17-24(28)23(22)14-11-9-10-12-15-25(29)30/h18,23-24,28,31H,5-17,19-21H2,1-4H3,(H,29,30)/t23-,24+,27?/m1/s1. The van der Waals surface area contributed by atoms with Crippen LogP contribution in [-0.2, 0) is 4.79 Å². The predicted octanol–water partition coefficient (Wildman–Crippen LogP) is 7.03. The molecule has 1 rings (SSSR count). The summed E-state index contributed by atoms with van der Waals surface area (Å²) in [5, 5.41) is 31.0. The molecule has 1 aliphatic rings. The minimum Gasteiger partial charge on any atom is -0.481 e. The molecule has 1 fully saturated rings. The van der Waals surface area contributed by atoms with Gasteiger partial charge in [0.15, 0.2) is 0 Å². The monoisotopic (exact) mass is 438 g/mol. The molecule has 0 aromatic rings. The third-order valence-electron chi connectivity index (χ3n) is 7.64. The van der Waals surface area contributed by atoms with Crippen molar-refractivity contribution in [1.29, 1.82) is 0 Å². The molecule has 3 atom stereocenters. The van der Waals surface area contributed by atoms with Gasteiger partial charge >= 0.3 is 5.97 Å². The zero-order valence-electron chi connectivity index (χ0n) is 20.8. The number of carbonyl (C=O) groups is 1. The molecule has 0 aliphatic heterocycles. The van der Waals surface area contributed by atoms with E-state index >= 15 is 0 Å². The van der Waals surface area contributed by atoms with Gasteiger partial charge in [0.05, 0.1) is 11.7 Å². The number of unbranched alkanes of at least 4 members (excludes halogenated alkanes) is 6. The summed E-state index contributed by atoms with van der Waals surface area (Å²) in [6.07, 6.45) is 16.9. The number of aliphatic hydroxyl groups is 2. The van der Waals surface area contributed by atoms with Crippen molar-refractivity contribution in [1.82, 2.24) is 0 Å². The first-order valence-corrected chi connectivity index (χ1v) is 13.0. The van der Waals surface area contributed by atoms with Crippen LogP contribution in [0.4, 0.5) is 0 Å². The van der Waals surface area contributed by atoms with Gasteiger partial charge in [-0.05, 0) is 50.4 Å². The Kier molecular flexibility index (Phi) is 13.0. The summed E-state index contributed by atoms with van der Waals surface area (Å²) in [6.45, 7) is 8.87. The minimum atomic E-state index is -0.718. The molecule has 4 heteroatoms. The van der Waals surface area contributed by atoms with Gasteiger partial charge in [-0.25, -0.2) is 0 Å². The molecule has 31 heavy (non-hydrogen) atoms. The topological polar surface area (TPSA) is 77.8 Å². The molecule has 4 nitrogen and oxygen atoms in total. The molecule has 0 amide bonds. The normalized spacial score (nSPS) is 22.7. The van der Waals surface area contributed by atoms with E-state index in [1.165, 1.54) is 5.57 Å². The molecule has 0 saturated heterocycles. The number of aliphatic hydroxyl groups excluding tert-OH is 1. The van der Waals surface area contributed by atoms with E-state index < -0.39 is 11.6 Å². The molecular formula is C27H50O4. The molecule has 0 aromatic carbocycles. The number of rotatable bonds is 17. The van der Waals surface area contributed by atoms with Crippen LogP contribution < -0.4 is 0 Å². The van der Waals surface area contributed by atoms with Crippen LogP contribution in [0.1, 0.15) is 130 Å². The van der Waals surface area contributed by atoms with Gasteiger partial charge in [-0.1, -0.05) is 90.7 Å².